The highest BCUT2D eigenvalue weighted by molar-refractivity contribution is 7.80. The van der Waals surface area contributed by atoms with Gasteiger partial charge in [0.15, 0.2) is 0 Å². The van der Waals surface area contributed by atoms with Gasteiger partial charge in [0.25, 0.3) is 0 Å². The first-order chi connectivity index (χ1) is 7.13. The van der Waals surface area contributed by atoms with E-state index >= 15 is 0 Å². The summed E-state index contributed by atoms with van der Waals surface area (Å²) in [6.45, 7) is 1.94. The molecule has 0 amide bonds. The molecule has 1 aromatic carbocycles. The monoisotopic (exact) mass is 221 g/mol. The molecule has 0 heterocycles. The molecule has 0 N–H and O–H groups in total. The van der Waals surface area contributed by atoms with Crippen molar-refractivity contribution in [3.8, 4) is 6.07 Å². The minimum atomic E-state index is -0.454. The molecular weight excluding hydrogens is 210 g/mol. The zero-order valence-electron chi connectivity index (χ0n) is 8.57. The van der Waals surface area contributed by atoms with E-state index in [1.165, 1.54) is 13.2 Å². The topological polar surface area (TPSA) is 50.1 Å². The van der Waals surface area contributed by atoms with Gasteiger partial charge in [0.1, 0.15) is 0 Å². The molecule has 0 radical (unpaired) electrons. The summed E-state index contributed by atoms with van der Waals surface area (Å²) in [7, 11) is 1.31. The van der Waals surface area contributed by atoms with Crippen molar-refractivity contribution in [2.24, 2.45) is 0 Å². The van der Waals surface area contributed by atoms with Gasteiger partial charge in [0.05, 0.1) is 24.3 Å². The van der Waals surface area contributed by atoms with Crippen molar-refractivity contribution in [1.29, 1.82) is 5.26 Å². The highest BCUT2D eigenvalue weighted by atomic mass is 32.1. The first-order valence-corrected chi connectivity index (χ1v) is 4.93. The van der Waals surface area contributed by atoms with Gasteiger partial charge in [0.2, 0.25) is 0 Å². The molecule has 4 heteroatoms. The van der Waals surface area contributed by atoms with Crippen molar-refractivity contribution < 1.29 is 9.53 Å². The lowest BCUT2D eigenvalue weighted by Crippen LogP contribution is -2.03. The van der Waals surface area contributed by atoms with E-state index in [2.05, 4.69) is 23.4 Å². The number of hydrogen-bond acceptors (Lipinski definition) is 4. The number of rotatable bonds is 2. The minimum absolute atomic E-state index is 0.358. The molecule has 15 heavy (non-hydrogen) atoms. The number of hydrogen-bond donors (Lipinski definition) is 1. The predicted molar refractivity (Wildman–Crippen MR) is 59.1 cm³/mol. The number of nitrogens with zero attached hydrogens (tertiary/aromatic N) is 1. The van der Waals surface area contributed by atoms with Crippen LogP contribution in [0.1, 0.15) is 28.4 Å². The number of thiol groups is 1. The van der Waals surface area contributed by atoms with Crippen LogP contribution in [-0.4, -0.2) is 13.1 Å². The minimum Gasteiger partial charge on any atom is -0.465 e. The predicted octanol–water partition coefficient (Wildman–Crippen LogP) is 2.20. The first-order valence-electron chi connectivity index (χ1n) is 4.48. The average molecular weight is 221 g/mol. The second kappa shape index (κ2) is 4.85. The zero-order chi connectivity index (χ0) is 11.4. The second-order valence-corrected chi connectivity index (χ2v) is 3.46. The van der Waals surface area contributed by atoms with Crippen molar-refractivity contribution in [3.63, 3.8) is 0 Å². The van der Waals surface area contributed by atoms with E-state index in [1.54, 1.807) is 6.07 Å². The molecule has 78 valence electrons. The molecule has 0 aliphatic carbocycles. The summed E-state index contributed by atoms with van der Waals surface area (Å²) in [4.78, 5) is 11.9. The lowest BCUT2D eigenvalue weighted by Gasteiger charge is -2.07. The maximum absolute atomic E-state index is 11.3. The summed E-state index contributed by atoms with van der Waals surface area (Å²) in [6.07, 6.45) is 0.711. The number of methoxy groups -OCH3 is 1. The summed E-state index contributed by atoms with van der Waals surface area (Å²) >= 11 is 4.25. The fourth-order valence-electron chi connectivity index (χ4n) is 1.36. The van der Waals surface area contributed by atoms with Gasteiger partial charge in [0, 0.05) is 4.90 Å². The maximum atomic E-state index is 11.3. The van der Waals surface area contributed by atoms with E-state index in [0.717, 1.165) is 5.56 Å². The van der Waals surface area contributed by atoms with Crippen LogP contribution in [0, 0.1) is 11.3 Å². The first kappa shape index (κ1) is 11.6. The van der Waals surface area contributed by atoms with Gasteiger partial charge in [-0.1, -0.05) is 6.92 Å². The number of ether oxygens (including phenoxy) is 1. The Bertz CT molecular complexity index is 435. The lowest BCUT2D eigenvalue weighted by molar-refractivity contribution is 0.0600. The van der Waals surface area contributed by atoms with Gasteiger partial charge < -0.3 is 4.74 Å². The lowest BCUT2D eigenvalue weighted by atomic mass is 10.0. The fourth-order valence-corrected chi connectivity index (χ4v) is 1.78. The molecule has 1 rings (SSSR count). The van der Waals surface area contributed by atoms with Crippen LogP contribution in [0.4, 0.5) is 0 Å². The van der Waals surface area contributed by atoms with Gasteiger partial charge in [-0.2, -0.15) is 5.26 Å². The molecule has 0 fully saturated rings. The van der Waals surface area contributed by atoms with Gasteiger partial charge in [-0.05, 0) is 24.1 Å². The van der Waals surface area contributed by atoms with Crippen molar-refractivity contribution in [2.45, 2.75) is 18.2 Å². The molecule has 0 atom stereocenters. The van der Waals surface area contributed by atoms with E-state index in [9.17, 15) is 4.79 Å². The molecule has 0 aromatic heterocycles. The van der Waals surface area contributed by atoms with Crippen LogP contribution in [0.5, 0.6) is 0 Å². The van der Waals surface area contributed by atoms with Crippen LogP contribution in [0.25, 0.3) is 0 Å². The molecule has 0 saturated heterocycles. The molecule has 0 unspecified atom stereocenters. The van der Waals surface area contributed by atoms with Crippen LogP contribution >= 0.6 is 12.6 Å². The molecule has 0 saturated carbocycles. The smallest absolute Gasteiger partial charge is 0.337 e. The maximum Gasteiger partial charge on any atom is 0.337 e. The van der Waals surface area contributed by atoms with Crippen LogP contribution in [0.2, 0.25) is 0 Å². The summed E-state index contributed by atoms with van der Waals surface area (Å²) in [5.41, 5.74) is 1.69. The number of carbonyl (C=O) groups excluding carboxylic acids is 1. The molecule has 3 nitrogen and oxygen atoms in total. The van der Waals surface area contributed by atoms with Crippen molar-refractivity contribution in [3.05, 3.63) is 28.8 Å². The van der Waals surface area contributed by atoms with Crippen molar-refractivity contribution >= 4 is 18.6 Å². The largest absolute Gasteiger partial charge is 0.465 e. The van der Waals surface area contributed by atoms with E-state index in [0.29, 0.717) is 22.4 Å². The quantitative estimate of drug-likeness (QED) is 0.615. The SMILES string of the molecule is CCc1c(S)cc(C(=O)OC)cc1C#N. The standard InChI is InChI=1S/C11H11NO2S/c1-3-9-8(6-12)4-7(5-10(9)15)11(13)14-2/h4-5,15H,3H2,1-2H3. The Kier molecular flexibility index (Phi) is 3.75. The molecule has 0 spiro atoms. The molecule has 0 bridgehead atoms. The van der Waals surface area contributed by atoms with E-state index < -0.39 is 5.97 Å². The fraction of sp³-hybridized carbons (Fsp3) is 0.273. The van der Waals surface area contributed by atoms with Crippen LogP contribution in [-0.2, 0) is 11.2 Å². The highest BCUT2D eigenvalue weighted by Gasteiger charge is 2.12. The molecule has 0 aliphatic heterocycles. The van der Waals surface area contributed by atoms with Crippen LogP contribution < -0.4 is 0 Å². The van der Waals surface area contributed by atoms with Gasteiger partial charge in [-0.15, -0.1) is 12.6 Å². The Labute approximate surface area is 94.1 Å². The summed E-state index contributed by atoms with van der Waals surface area (Å²) < 4.78 is 4.58. The number of carbonyl (C=O) groups is 1. The second-order valence-electron chi connectivity index (χ2n) is 2.98. The number of esters is 1. The Morgan fingerprint density at radius 1 is 1.60 bits per heavy atom. The van der Waals surface area contributed by atoms with E-state index in [4.69, 9.17) is 5.26 Å². The summed E-state index contributed by atoms with van der Waals surface area (Å²) in [6, 6.07) is 5.20. The van der Waals surface area contributed by atoms with Gasteiger partial charge in [-0.25, -0.2) is 4.79 Å². The van der Waals surface area contributed by atoms with Gasteiger partial charge in [-0.3, -0.25) is 0 Å². The Balaban J connectivity index is 3.33. The highest BCUT2D eigenvalue weighted by Crippen LogP contribution is 2.21. The van der Waals surface area contributed by atoms with Crippen molar-refractivity contribution in [1.82, 2.24) is 0 Å². The Morgan fingerprint density at radius 2 is 2.27 bits per heavy atom. The summed E-state index contributed by atoms with van der Waals surface area (Å²) in [5.74, 6) is -0.454. The third kappa shape index (κ3) is 2.31. The number of benzene rings is 1. The molecular formula is C11H11NO2S. The number of nitriles is 1. The van der Waals surface area contributed by atoms with Crippen LogP contribution in [0.3, 0.4) is 0 Å². The van der Waals surface area contributed by atoms with E-state index in [1.807, 2.05) is 6.92 Å². The van der Waals surface area contributed by atoms with Crippen molar-refractivity contribution in [2.75, 3.05) is 7.11 Å². The van der Waals surface area contributed by atoms with E-state index in [-0.39, 0.29) is 0 Å². The Morgan fingerprint density at radius 3 is 2.73 bits per heavy atom. The molecule has 0 aliphatic rings. The average Bonchev–Trinajstić information content (AvgIpc) is 2.26. The van der Waals surface area contributed by atoms with Gasteiger partial charge >= 0.3 is 5.97 Å². The zero-order valence-corrected chi connectivity index (χ0v) is 9.47. The summed E-state index contributed by atoms with van der Waals surface area (Å²) in [5, 5.41) is 8.92. The Hall–Kier alpha value is -1.47. The normalized spacial score (nSPS) is 9.47. The van der Waals surface area contributed by atoms with Crippen LogP contribution in [0.15, 0.2) is 17.0 Å². The molecule has 1 aromatic rings. The third-order valence-corrected chi connectivity index (χ3v) is 2.52. The third-order valence-electron chi connectivity index (χ3n) is 2.12.